The molecule has 1 aromatic carbocycles. The first kappa shape index (κ1) is 16.0. The van der Waals surface area contributed by atoms with Crippen LogP contribution in [0.5, 0.6) is 0 Å². The zero-order valence-electron chi connectivity index (χ0n) is 13.0. The Labute approximate surface area is 140 Å². The van der Waals surface area contributed by atoms with Crippen LogP contribution >= 0.6 is 11.6 Å². The van der Waals surface area contributed by atoms with E-state index >= 15 is 0 Å². The molecule has 0 unspecified atom stereocenters. The topological polar surface area (TPSA) is 60.2 Å². The van der Waals surface area contributed by atoms with Crippen LogP contribution in [0.25, 0.3) is 0 Å². The van der Waals surface area contributed by atoms with E-state index in [2.05, 4.69) is 10.3 Å². The summed E-state index contributed by atoms with van der Waals surface area (Å²) in [6.07, 6.45) is 3.63. The highest BCUT2D eigenvalue weighted by atomic mass is 35.5. The molecule has 1 aromatic heterocycles. The molecule has 1 saturated heterocycles. The molecule has 1 aliphatic heterocycles. The fourth-order valence-electron chi connectivity index (χ4n) is 2.73. The van der Waals surface area contributed by atoms with Gasteiger partial charge in [-0.25, -0.2) is 4.68 Å². The minimum absolute atomic E-state index is 0.0787. The van der Waals surface area contributed by atoms with Crippen molar-refractivity contribution < 1.29 is 9.53 Å². The maximum atomic E-state index is 12.5. The molecule has 0 saturated carbocycles. The van der Waals surface area contributed by atoms with Crippen molar-refractivity contribution in [1.29, 1.82) is 0 Å². The predicted octanol–water partition coefficient (Wildman–Crippen LogP) is 2.23. The number of carbonyl (C=O) groups excluding carboxylic acids is 1. The lowest BCUT2D eigenvalue weighted by Gasteiger charge is -2.30. The average Bonchev–Trinajstić information content (AvgIpc) is 3.05. The van der Waals surface area contributed by atoms with E-state index in [9.17, 15) is 4.79 Å². The number of nitrogens with zero attached hydrogens (tertiary/aromatic N) is 4. The van der Waals surface area contributed by atoms with Crippen molar-refractivity contribution in [3.8, 4) is 0 Å². The van der Waals surface area contributed by atoms with Gasteiger partial charge >= 0.3 is 0 Å². The van der Waals surface area contributed by atoms with Crippen molar-refractivity contribution in [2.75, 3.05) is 20.2 Å². The second-order valence-electron chi connectivity index (χ2n) is 5.62. The number of aromatic nitrogens is 3. The first-order valence-corrected chi connectivity index (χ1v) is 8.01. The number of amides is 1. The summed E-state index contributed by atoms with van der Waals surface area (Å²) < 4.78 is 6.96. The van der Waals surface area contributed by atoms with E-state index in [0.29, 0.717) is 30.4 Å². The third-order valence-electron chi connectivity index (χ3n) is 4.11. The fraction of sp³-hybridized carbons (Fsp3) is 0.438. The van der Waals surface area contributed by atoms with Gasteiger partial charge < -0.3 is 9.64 Å². The number of hydrogen-bond acceptors (Lipinski definition) is 4. The normalized spacial score (nSPS) is 15.8. The molecule has 2 aromatic rings. The Morgan fingerprint density at radius 3 is 2.78 bits per heavy atom. The molecule has 2 heterocycles. The lowest BCUT2D eigenvalue weighted by molar-refractivity contribution is 0.0347. The number of hydrogen-bond donors (Lipinski definition) is 0. The Kier molecular flexibility index (Phi) is 4.93. The monoisotopic (exact) mass is 334 g/mol. The summed E-state index contributed by atoms with van der Waals surface area (Å²) in [5.41, 5.74) is 1.31. The van der Waals surface area contributed by atoms with Crippen LogP contribution in [-0.4, -0.2) is 52.1 Å². The van der Waals surface area contributed by atoms with Crippen LogP contribution in [0.3, 0.4) is 0 Å². The molecular weight excluding hydrogens is 316 g/mol. The predicted molar refractivity (Wildman–Crippen MR) is 86.5 cm³/mol. The number of likely N-dealkylation sites (tertiary alicyclic amines) is 1. The van der Waals surface area contributed by atoms with E-state index in [0.717, 1.165) is 18.4 Å². The van der Waals surface area contributed by atoms with Crippen LogP contribution in [0.15, 0.2) is 30.5 Å². The molecule has 23 heavy (non-hydrogen) atoms. The van der Waals surface area contributed by atoms with Gasteiger partial charge in [-0.2, -0.15) is 0 Å². The molecule has 0 aliphatic carbocycles. The SMILES string of the molecule is COC1CCN(C(=O)c2cn(Cc3ccccc3Cl)nn2)CC1. The van der Waals surface area contributed by atoms with Gasteiger partial charge in [-0.1, -0.05) is 35.0 Å². The minimum atomic E-state index is -0.0787. The fourth-order valence-corrected chi connectivity index (χ4v) is 2.93. The molecule has 0 spiro atoms. The molecule has 1 fully saturated rings. The molecule has 0 bridgehead atoms. The average molecular weight is 335 g/mol. The smallest absolute Gasteiger partial charge is 0.276 e. The maximum absolute atomic E-state index is 12.5. The molecule has 1 amide bonds. The highest BCUT2D eigenvalue weighted by molar-refractivity contribution is 6.31. The van der Waals surface area contributed by atoms with Crippen molar-refractivity contribution in [3.63, 3.8) is 0 Å². The van der Waals surface area contributed by atoms with Gasteiger partial charge in [-0.3, -0.25) is 4.79 Å². The second kappa shape index (κ2) is 7.10. The number of methoxy groups -OCH3 is 1. The molecule has 7 heteroatoms. The third-order valence-corrected chi connectivity index (χ3v) is 4.48. The number of ether oxygens (including phenoxy) is 1. The molecule has 6 nitrogen and oxygen atoms in total. The van der Waals surface area contributed by atoms with Gasteiger partial charge in [-0.05, 0) is 24.5 Å². The standard InChI is InChI=1S/C16H19ClN4O2/c1-23-13-6-8-20(9-7-13)16(22)15-11-21(19-18-15)10-12-4-2-3-5-14(12)17/h2-5,11,13H,6-10H2,1H3. The van der Waals surface area contributed by atoms with Gasteiger partial charge in [0.25, 0.3) is 5.91 Å². The van der Waals surface area contributed by atoms with Crippen molar-refractivity contribution in [3.05, 3.63) is 46.7 Å². The Balaban J connectivity index is 1.65. The van der Waals surface area contributed by atoms with E-state index in [-0.39, 0.29) is 12.0 Å². The Morgan fingerprint density at radius 1 is 1.35 bits per heavy atom. The van der Waals surface area contributed by atoms with E-state index in [1.54, 1.807) is 22.9 Å². The van der Waals surface area contributed by atoms with Crippen LogP contribution < -0.4 is 0 Å². The van der Waals surface area contributed by atoms with E-state index in [1.807, 2.05) is 24.3 Å². The number of piperidine rings is 1. The molecule has 0 N–H and O–H groups in total. The van der Waals surface area contributed by atoms with Gasteiger partial charge in [0.05, 0.1) is 18.8 Å². The summed E-state index contributed by atoms with van der Waals surface area (Å²) >= 11 is 6.14. The lowest BCUT2D eigenvalue weighted by Crippen LogP contribution is -2.40. The highest BCUT2D eigenvalue weighted by Gasteiger charge is 2.25. The zero-order valence-corrected chi connectivity index (χ0v) is 13.7. The number of carbonyl (C=O) groups is 1. The summed E-state index contributed by atoms with van der Waals surface area (Å²) in [6.45, 7) is 1.87. The number of benzene rings is 1. The van der Waals surface area contributed by atoms with Crippen LogP contribution in [0.1, 0.15) is 28.9 Å². The summed E-state index contributed by atoms with van der Waals surface area (Å²) in [4.78, 5) is 14.3. The van der Waals surface area contributed by atoms with Crippen molar-refractivity contribution in [2.24, 2.45) is 0 Å². The summed E-state index contributed by atoms with van der Waals surface area (Å²) in [6, 6.07) is 7.57. The van der Waals surface area contributed by atoms with Crippen molar-refractivity contribution >= 4 is 17.5 Å². The second-order valence-corrected chi connectivity index (χ2v) is 6.03. The van der Waals surface area contributed by atoms with E-state index in [1.165, 1.54) is 0 Å². The minimum Gasteiger partial charge on any atom is -0.381 e. The summed E-state index contributed by atoms with van der Waals surface area (Å²) in [7, 11) is 1.71. The summed E-state index contributed by atoms with van der Waals surface area (Å²) in [5.74, 6) is -0.0787. The van der Waals surface area contributed by atoms with Gasteiger partial charge in [0.1, 0.15) is 0 Å². The van der Waals surface area contributed by atoms with E-state index < -0.39 is 0 Å². The third kappa shape index (κ3) is 3.71. The van der Waals surface area contributed by atoms with Crippen molar-refractivity contribution in [1.82, 2.24) is 19.9 Å². The van der Waals surface area contributed by atoms with Crippen molar-refractivity contribution in [2.45, 2.75) is 25.5 Å². The molecule has 0 radical (unpaired) electrons. The van der Waals surface area contributed by atoms with Gasteiger partial charge in [0.15, 0.2) is 5.69 Å². The molecular formula is C16H19ClN4O2. The Hall–Kier alpha value is -1.92. The zero-order chi connectivity index (χ0) is 16.2. The Morgan fingerprint density at radius 2 is 2.09 bits per heavy atom. The van der Waals surface area contributed by atoms with E-state index in [4.69, 9.17) is 16.3 Å². The molecule has 3 rings (SSSR count). The van der Waals surface area contributed by atoms with Gasteiger partial charge in [0, 0.05) is 25.2 Å². The van der Waals surface area contributed by atoms with Gasteiger partial charge in [0.2, 0.25) is 0 Å². The van der Waals surface area contributed by atoms with Crippen LogP contribution in [-0.2, 0) is 11.3 Å². The van der Waals surface area contributed by atoms with Crippen LogP contribution in [0.4, 0.5) is 0 Å². The molecule has 1 aliphatic rings. The summed E-state index contributed by atoms with van der Waals surface area (Å²) in [5, 5.41) is 8.72. The first-order chi connectivity index (χ1) is 11.2. The quantitative estimate of drug-likeness (QED) is 0.860. The maximum Gasteiger partial charge on any atom is 0.276 e. The number of rotatable bonds is 4. The molecule has 122 valence electrons. The number of halogens is 1. The van der Waals surface area contributed by atoms with Gasteiger partial charge in [-0.15, -0.1) is 5.10 Å². The van der Waals surface area contributed by atoms with Crippen LogP contribution in [0.2, 0.25) is 5.02 Å². The first-order valence-electron chi connectivity index (χ1n) is 7.63. The molecule has 0 atom stereocenters. The Bertz CT molecular complexity index is 680. The largest absolute Gasteiger partial charge is 0.381 e. The highest BCUT2D eigenvalue weighted by Crippen LogP contribution is 2.17. The lowest BCUT2D eigenvalue weighted by atomic mass is 10.1. The van der Waals surface area contributed by atoms with Crippen LogP contribution in [0, 0.1) is 0 Å².